The number of nitrogens with zero attached hydrogens (tertiary/aromatic N) is 1. The summed E-state index contributed by atoms with van der Waals surface area (Å²) < 4.78 is 4.72. The van der Waals surface area contributed by atoms with Crippen LogP contribution in [0, 0.1) is 11.8 Å². The smallest absolute Gasteiger partial charge is 0.310 e. The lowest BCUT2D eigenvalue weighted by atomic mass is 9.71. The molecule has 1 spiro atoms. The fourth-order valence-corrected chi connectivity index (χ4v) is 8.28. The molecule has 2 unspecified atom stereocenters. The molecule has 3 heterocycles. The van der Waals surface area contributed by atoms with Crippen LogP contribution in [0.15, 0.2) is 42.5 Å². The zero-order valence-corrected chi connectivity index (χ0v) is 20.1. The van der Waals surface area contributed by atoms with E-state index < -0.39 is 22.6 Å². The first-order valence-corrected chi connectivity index (χ1v) is 12.9. The Morgan fingerprint density at radius 2 is 2.00 bits per heavy atom. The van der Waals surface area contributed by atoms with Gasteiger partial charge in [0, 0.05) is 24.1 Å². The van der Waals surface area contributed by atoms with E-state index in [4.69, 9.17) is 4.74 Å². The summed E-state index contributed by atoms with van der Waals surface area (Å²) in [6.45, 7) is 2.46. The number of fused-ring (bicyclic) bond motifs is 2. The molecule has 2 bridgehead atoms. The summed E-state index contributed by atoms with van der Waals surface area (Å²) in [5, 5.41) is 14.4. The summed E-state index contributed by atoms with van der Waals surface area (Å²) >= 11 is 1.63. The Labute approximate surface area is 203 Å². The number of carbonyl (C=O) groups excluding carboxylic acids is 3. The molecule has 0 aliphatic carbocycles. The molecule has 34 heavy (non-hydrogen) atoms. The van der Waals surface area contributed by atoms with Crippen molar-refractivity contribution in [3.63, 3.8) is 0 Å². The van der Waals surface area contributed by atoms with Crippen molar-refractivity contribution in [3.05, 3.63) is 42.5 Å². The van der Waals surface area contributed by atoms with Crippen molar-refractivity contribution in [2.24, 2.45) is 11.8 Å². The lowest BCUT2D eigenvalue weighted by Crippen LogP contribution is -2.51. The highest BCUT2D eigenvalue weighted by Crippen LogP contribution is 2.66. The molecule has 5 atom stereocenters. The number of hydrogen-bond acceptors (Lipinski definition) is 6. The van der Waals surface area contributed by atoms with Crippen LogP contribution in [0.1, 0.15) is 32.6 Å². The van der Waals surface area contributed by atoms with Crippen molar-refractivity contribution in [2.75, 3.05) is 25.1 Å². The third kappa shape index (κ3) is 3.67. The molecule has 8 heteroatoms. The van der Waals surface area contributed by atoms with E-state index in [0.29, 0.717) is 25.1 Å². The highest BCUT2D eigenvalue weighted by molar-refractivity contribution is 8.02. The summed E-state index contributed by atoms with van der Waals surface area (Å²) in [5.41, 5.74) is 0.686. The number of aliphatic hydroxyl groups is 1. The van der Waals surface area contributed by atoms with Gasteiger partial charge in [0.1, 0.15) is 6.04 Å². The molecule has 3 aliphatic heterocycles. The normalized spacial score (nSPS) is 29.5. The summed E-state index contributed by atoms with van der Waals surface area (Å²) in [7, 11) is 0. The second kappa shape index (κ2) is 9.23. The molecular weight excluding hydrogens is 452 g/mol. The molecular formula is C26H30N2O5S. The van der Waals surface area contributed by atoms with E-state index in [0.717, 1.165) is 23.6 Å². The van der Waals surface area contributed by atoms with Crippen molar-refractivity contribution in [2.45, 2.75) is 48.6 Å². The Bertz CT molecular complexity index is 1120. The van der Waals surface area contributed by atoms with Gasteiger partial charge in [-0.05, 0) is 55.5 Å². The van der Waals surface area contributed by atoms with Gasteiger partial charge in [-0.25, -0.2) is 0 Å². The molecule has 5 rings (SSSR count). The van der Waals surface area contributed by atoms with Gasteiger partial charge in [-0.15, -0.1) is 11.8 Å². The summed E-state index contributed by atoms with van der Waals surface area (Å²) in [6.07, 6.45) is 2.67. The van der Waals surface area contributed by atoms with Crippen LogP contribution in [0.3, 0.4) is 0 Å². The molecule has 0 saturated carbocycles. The maximum Gasteiger partial charge on any atom is 0.310 e. The molecule has 7 nitrogen and oxygen atoms in total. The second-order valence-electron chi connectivity index (χ2n) is 9.32. The Kier molecular flexibility index (Phi) is 6.29. The quantitative estimate of drug-likeness (QED) is 0.443. The SMILES string of the molecule is CCOC(=O)[C@@H]1[C@@H]2CCC3(S2)C(C(=O)Nc2ccc4ccccc4c2)N(CCCCO)C(=O)[C@H]13. The Balaban J connectivity index is 1.47. The van der Waals surface area contributed by atoms with Crippen LogP contribution >= 0.6 is 11.8 Å². The Hall–Kier alpha value is -2.58. The Morgan fingerprint density at radius 1 is 1.21 bits per heavy atom. The average Bonchev–Trinajstić information content (AvgIpc) is 3.47. The average molecular weight is 483 g/mol. The lowest BCUT2D eigenvalue weighted by molar-refractivity contribution is -0.153. The predicted octanol–water partition coefficient (Wildman–Crippen LogP) is 3.21. The third-order valence-corrected chi connectivity index (χ3v) is 9.38. The molecule has 3 aliphatic rings. The number of aliphatic hydroxyl groups excluding tert-OH is 1. The van der Waals surface area contributed by atoms with Crippen LogP contribution < -0.4 is 5.32 Å². The number of carbonyl (C=O) groups is 3. The molecule has 3 saturated heterocycles. The van der Waals surface area contributed by atoms with Crippen LogP contribution in [-0.4, -0.2) is 63.6 Å². The number of rotatable bonds is 8. The van der Waals surface area contributed by atoms with Crippen LogP contribution in [0.5, 0.6) is 0 Å². The van der Waals surface area contributed by atoms with Crippen molar-refractivity contribution in [1.82, 2.24) is 4.90 Å². The molecule has 0 radical (unpaired) electrons. The predicted molar refractivity (Wildman–Crippen MR) is 131 cm³/mol. The van der Waals surface area contributed by atoms with Gasteiger partial charge in [0.25, 0.3) is 0 Å². The molecule has 0 aromatic heterocycles. The molecule has 3 fully saturated rings. The van der Waals surface area contributed by atoms with E-state index in [9.17, 15) is 19.5 Å². The summed E-state index contributed by atoms with van der Waals surface area (Å²) in [5.74, 6) is -1.73. The minimum atomic E-state index is -0.662. The number of nitrogens with one attached hydrogen (secondary N) is 1. The molecule has 180 valence electrons. The monoisotopic (exact) mass is 482 g/mol. The number of anilines is 1. The van der Waals surface area contributed by atoms with Crippen molar-refractivity contribution in [3.8, 4) is 0 Å². The first kappa shape index (κ1) is 23.2. The number of amides is 2. The van der Waals surface area contributed by atoms with Gasteiger partial charge in [0.15, 0.2) is 0 Å². The third-order valence-electron chi connectivity index (χ3n) is 7.43. The van der Waals surface area contributed by atoms with Crippen LogP contribution in [0.4, 0.5) is 5.69 Å². The van der Waals surface area contributed by atoms with Gasteiger partial charge in [-0.1, -0.05) is 30.3 Å². The maximum absolute atomic E-state index is 13.8. The first-order chi connectivity index (χ1) is 16.5. The zero-order valence-electron chi connectivity index (χ0n) is 19.2. The Morgan fingerprint density at radius 3 is 2.76 bits per heavy atom. The number of benzene rings is 2. The van der Waals surface area contributed by atoms with E-state index >= 15 is 0 Å². The van der Waals surface area contributed by atoms with Gasteiger partial charge >= 0.3 is 5.97 Å². The maximum atomic E-state index is 13.8. The van der Waals surface area contributed by atoms with E-state index in [1.54, 1.807) is 23.6 Å². The van der Waals surface area contributed by atoms with Crippen LogP contribution in [-0.2, 0) is 19.1 Å². The van der Waals surface area contributed by atoms with E-state index in [2.05, 4.69) is 5.32 Å². The van der Waals surface area contributed by atoms with E-state index in [-0.39, 0.29) is 36.2 Å². The fourth-order valence-electron chi connectivity index (χ4n) is 6.07. The molecule has 2 aromatic carbocycles. The topological polar surface area (TPSA) is 95.9 Å². The van der Waals surface area contributed by atoms with Gasteiger partial charge in [-0.2, -0.15) is 0 Å². The van der Waals surface area contributed by atoms with E-state index in [1.807, 2.05) is 42.5 Å². The van der Waals surface area contributed by atoms with Gasteiger partial charge in [-0.3, -0.25) is 14.4 Å². The highest BCUT2D eigenvalue weighted by atomic mass is 32.2. The van der Waals surface area contributed by atoms with Gasteiger partial charge < -0.3 is 20.1 Å². The number of unbranched alkanes of at least 4 members (excludes halogenated alkanes) is 1. The standard InChI is InChI=1S/C26H30N2O5S/c1-2-33-25(32)20-19-11-12-26(34-19)21(20)24(31)28(13-5-6-14-29)22(26)23(30)27-18-10-9-16-7-3-4-8-17(16)15-18/h3-4,7-10,15,19-22,29H,2,5-6,11-14H2,1H3,(H,27,30)/t19-,20+,21-,22?,26?/m0/s1. The fraction of sp³-hybridized carbons (Fsp3) is 0.500. The van der Waals surface area contributed by atoms with Crippen molar-refractivity contribution < 1.29 is 24.2 Å². The number of thioether (sulfide) groups is 1. The lowest BCUT2D eigenvalue weighted by Gasteiger charge is -2.34. The minimum absolute atomic E-state index is 0.00330. The minimum Gasteiger partial charge on any atom is -0.466 e. The van der Waals surface area contributed by atoms with Gasteiger partial charge in [0.05, 0.1) is 23.2 Å². The number of hydrogen-bond donors (Lipinski definition) is 2. The van der Waals surface area contributed by atoms with Crippen LogP contribution in [0.2, 0.25) is 0 Å². The number of esters is 1. The second-order valence-corrected chi connectivity index (χ2v) is 10.9. The van der Waals surface area contributed by atoms with Crippen molar-refractivity contribution in [1.29, 1.82) is 0 Å². The first-order valence-electron chi connectivity index (χ1n) is 12.1. The highest BCUT2D eigenvalue weighted by Gasteiger charge is 2.73. The number of ether oxygens (including phenoxy) is 1. The van der Waals surface area contributed by atoms with Crippen LogP contribution in [0.25, 0.3) is 10.8 Å². The zero-order chi connectivity index (χ0) is 23.9. The van der Waals surface area contributed by atoms with Crippen molar-refractivity contribution >= 4 is 46.0 Å². The number of likely N-dealkylation sites (tertiary alicyclic amines) is 1. The molecule has 2 amide bonds. The largest absolute Gasteiger partial charge is 0.466 e. The molecule has 2 N–H and O–H groups in total. The van der Waals surface area contributed by atoms with Gasteiger partial charge in [0.2, 0.25) is 11.8 Å². The summed E-state index contributed by atoms with van der Waals surface area (Å²) in [6, 6.07) is 13.1. The molecule has 2 aromatic rings. The van der Waals surface area contributed by atoms with E-state index in [1.165, 1.54) is 0 Å². The summed E-state index contributed by atoms with van der Waals surface area (Å²) in [4.78, 5) is 42.0.